The Kier molecular flexibility index (Phi) is 24.4. The van der Waals surface area contributed by atoms with E-state index in [4.69, 9.17) is 23.6 Å². The second kappa shape index (κ2) is 32.1. The molecule has 33 heteroatoms. The van der Waals surface area contributed by atoms with E-state index in [1.807, 2.05) is 0 Å². The number of cyclic esters (lactones) is 2. The third kappa shape index (κ3) is 16.6. The highest BCUT2D eigenvalue weighted by Gasteiger charge is 2.47. The van der Waals surface area contributed by atoms with Gasteiger partial charge in [-0.05, 0) is 106 Å². The first-order valence-electron chi connectivity index (χ1n) is 34.2. The number of amides is 11. The highest BCUT2D eigenvalue weighted by molar-refractivity contribution is 6.12. The highest BCUT2D eigenvalue weighted by Crippen LogP contribution is 2.36. The molecule has 0 radical (unpaired) electrons. The summed E-state index contributed by atoms with van der Waals surface area (Å²) < 4.78 is 24.0. The summed E-state index contributed by atoms with van der Waals surface area (Å²) in [5.74, 6) is -13.7. The molecule has 103 heavy (non-hydrogen) atoms. The molecule has 2 aromatic rings. The third-order valence-corrected chi connectivity index (χ3v) is 19.2. The number of aryl methyl sites for hydroxylation is 1. The third-order valence-electron chi connectivity index (χ3n) is 19.2. The number of esters is 2. The number of hydrogen-bond acceptors (Lipinski definition) is 21. The standard InChI is InChI=1S/C70H91N13O20/c1-32(2)48-66(93)81-27-17-19-43(81)64(91)77(13)29-45(84)79(15)55(34(5)6)68(95)101-38(11)50(62(89)72-48)74-60(87)42-26-21-36(9)58-52(42)71-54-47(53(57(86)37(10)59(54)103-58)76-70(97)100-31-40-22-24-41(25-23-40)83(98)99)61(88)75-51-39(12)102-69(96)56(35(7)8)80(16)46(85)30-78(14)65(92)44-20-18-28-82(44)67(94)49(33(3)4)73-63(51)90/h21-26,32-35,38-39,43-44,48-51,55-56H,17-20,27-31H2,1-16H3,(H,72,89)(H,73,90)(H,74,87)(H,75,88)(H,76,97)/t38-,39-,43+,44+,48+,49+,50-,51-,55+,56+/m0/s1. The molecule has 0 saturated carbocycles. The normalized spacial score (nSPS) is 24.2. The summed E-state index contributed by atoms with van der Waals surface area (Å²) in [5.41, 5.74) is -4.43. The Hall–Kier alpha value is -10.6. The molecule has 556 valence electrons. The van der Waals surface area contributed by atoms with E-state index < -0.39 is 220 Å². The van der Waals surface area contributed by atoms with Gasteiger partial charge in [0.1, 0.15) is 84.0 Å². The number of non-ortho nitro benzene ring substituents is 1. The topological polar surface area (TPSA) is 415 Å². The number of anilines is 1. The Morgan fingerprint density at radius 1 is 0.641 bits per heavy atom. The van der Waals surface area contributed by atoms with E-state index in [1.54, 1.807) is 62.3 Å². The van der Waals surface area contributed by atoms with Crippen molar-refractivity contribution in [1.82, 2.24) is 55.7 Å². The summed E-state index contributed by atoms with van der Waals surface area (Å²) in [5, 5.41) is 24.4. The lowest BCUT2D eigenvalue weighted by Gasteiger charge is -2.36. The number of nitro benzene ring substituents is 1. The number of hydrogen-bond donors (Lipinski definition) is 5. The van der Waals surface area contributed by atoms with Crippen LogP contribution in [0.25, 0.3) is 22.6 Å². The monoisotopic (exact) mass is 1430 g/mol. The zero-order chi connectivity index (χ0) is 76.2. The number of carbonyl (C=O) groups is 13. The maximum absolute atomic E-state index is 15.9. The van der Waals surface area contributed by atoms with Crippen LogP contribution in [-0.2, 0) is 68.8 Å². The van der Waals surface area contributed by atoms with Crippen LogP contribution in [-0.4, -0.2) is 231 Å². The van der Waals surface area contributed by atoms with Gasteiger partial charge >= 0.3 is 18.0 Å². The zero-order valence-electron chi connectivity index (χ0n) is 60.7. The Morgan fingerprint density at radius 3 is 1.53 bits per heavy atom. The van der Waals surface area contributed by atoms with Gasteiger partial charge in [0.05, 0.1) is 29.1 Å². The summed E-state index contributed by atoms with van der Waals surface area (Å²) in [6, 6.07) is -3.81. The smallest absolute Gasteiger partial charge is 0.412 e. The molecular formula is C70H91N13O20. The first-order valence-corrected chi connectivity index (χ1v) is 34.2. The second-order valence-corrected chi connectivity index (χ2v) is 28.1. The van der Waals surface area contributed by atoms with E-state index in [-0.39, 0.29) is 59.4 Å². The van der Waals surface area contributed by atoms with E-state index in [0.29, 0.717) is 12.8 Å². The molecule has 0 unspecified atom stereocenters. The van der Waals surface area contributed by atoms with Gasteiger partial charge in [0.25, 0.3) is 17.5 Å². The lowest BCUT2D eigenvalue weighted by atomic mass is 9.98. The maximum Gasteiger partial charge on any atom is 0.412 e. The molecule has 33 nitrogen and oxygen atoms in total. The van der Waals surface area contributed by atoms with E-state index in [1.165, 1.54) is 87.9 Å². The van der Waals surface area contributed by atoms with Crippen LogP contribution < -0.4 is 32.0 Å². The Labute approximate surface area is 594 Å². The molecular weight excluding hydrogens is 1340 g/mol. The zero-order valence-corrected chi connectivity index (χ0v) is 60.7. The van der Waals surface area contributed by atoms with Gasteiger partial charge in [0.2, 0.25) is 52.7 Å². The number of rotatable bonds is 12. The van der Waals surface area contributed by atoms with E-state index in [9.17, 15) is 53.3 Å². The molecule has 5 aliphatic heterocycles. The number of nitrogens with zero attached hydrogens (tertiary/aromatic N) is 8. The fourth-order valence-electron chi connectivity index (χ4n) is 13.4. The summed E-state index contributed by atoms with van der Waals surface area (Å²) in [6.07, 6.45) is -3.44. The van der Waals surface area contributed by atoms with Crippen molar-refractivity contribution in [2.24, 2.45) is 23.7 Å². The number of ether oxygens (including phenoxy) is 3. The SMILES string of the molecule is Cc1c2oc3c(C)ccc(C(=O)N[C@@H]4C(=O)N[C@H](C(C)C)C(=O)N5CCC[C@@H]5C(=O)N(C)CC(=O)N(C)[C@H](C(C)C)C(=O)O[C@H]4C)c3nc-2c(C(=O)N[C@@H]2C(=O)N[C@H](C(C)C)C(=O)N3CCC[C@@H]3C(=O)N(C)CC(=O)N(C)[C@H](C(C)C)C(=O)O[C@H]2C)c(NC(=O)OCc2ccc([N+](=O)[O-])cc2)c1=O. The number of likely N-dealkylation sites (N-methyl/N-ethyl adjacent to an activating group) is 4. The molecule has 0 spiro atoms. The van der Waals surface area contributed by atoms with Crippen LogP contribution in [0.2, 0.25) is 0 Å². The maximum atomic E-state index is 15.9. The summed E-state index contributed by atoms with van der Waals surface area (Å²) in [6.45, 7) is 17.1. The van der Waals surface area contributed by atoms with Gasteiger partial charge in [0, 0.05) is 59.0 Å². The number of carbonyl (C=O) groups excluding carboxylic acids is 13. The molecule has 5 N–H and O–H groups in total. The molecule has 0 bridgehead atoms. The summed E-state index contributed by atoms with van der Waals surface area (Å²) >= 11 is 0. The van der Waals surface area contributed by atoms with E-state index >= 15 is 24.0 Å². The van der Waals surface area contributed by atoms with Crippen LogP contribution in [0.4, 0.5) is 16.2 Å². The second-order valence-electron chi connectivity index (χ2n) is 28.1. The minimum absolute atomic E-state index is 0.0914. The number of benzene rings is 3. The summed E-state index contributed by atoms with van der Waals surface area (Å²) in [7, 11) is 5.47. The van der Waals surface area contributed by atoms with Crippen molar-refractivity contribution in [3.63, 3.8) is 0 Å². The van der Waals surface area contributed by atoms with Crippen LogP contribution in [0, 0.1) is 47.6 Å². The molecule has 8 rings (SSSR count). The molecule has 11 amide bonds. The fourth-order valence-corrected chi connectivity index (χ4v) is 13.4. The van der Waals surface area contributed by atoms with Crippen molar-refractivity contribution in [1.29, 1.82) is 0 Å². The molecule has 4 fully saturated rings. The van der Waals surface area contributed by atoms with Crippen molar-refractivity contribution in [3.05, 3.63) is 84.6 Å². The van der Waals surface area contributed by atoms with Gasteiger partial charge < -0.3 is 69.3 Å². The molecule has 1 aliphatic carbocycles. The molecule has 5 heterocycles. The van der Waals surface area contributed by atoms with Crippen LogP contribution in [0.15, 0.2) is 45.6 Å². The lowest BCUT2D eigenvalue weighted by Crippen LogP contribution is -2.61. The number of aromatic nitrogens is 1. The molecule has 0 aromatic heterocycles. The van der Waals surface area contributed by atoms with Crippen molar-refractivity contribution in [2.75, 3.05) is 59.7 Å². The first-order chi connectivity index (χ1) is 48.4. The Morgan fingerprint density at radius 2 is 1.10 bits per heavy atom. The highest BCUT2D eigenvalue weighted by atomic mass is 16.6. The van der Waals surface area contributed by atoms with Gasteiger partial charge in [-0.3, -0.25) is 68.2 Å². The molecule has 6 aliphatic rings. The van der Waals surface area contributed by atoms with Gasteiger partial charge in [-0.1, -0.05) is 61.5 Å². The lowest BCUT2D eigenvalue weighted by molar-refractivity contribution is -0.384. The van der Waals surface area contributed by atoms with Gasteiger partial charge in [-0.25, -0.2) is 19.4 Å². The van der Waals surface area contributed by atoms with Crippen molar-refractivity contribution < 1.29 is 85.9 Å². The van der Waals surface area contributed by atoms with Crippen LogP contribution >= 0.6 is 0 Å². The van der Waals surface area contributed by atoms with Crippen molar-refractivity contribution >= 4 is 99.6 Å². The van der Waals surface area contributed by atoms with Gasteiger partial charge in [0.15, 0.2) is 11.3 Å². The average molecular weight is 1430 g/mol. The van der Waals surface area contributed by atoms with Crippen molar-refractivity contribution in [2.45, 2.75) is 176 Å². The summed E-state index contributed by atoms with van der Waals surface area (Å²) in [4.78, 5) is 228. The van der Waals surface area contributed by atoms with Crippen LogP contribution in [0.5, 0.6) is 0 Å². The molecule has 10 atom stereocenters. The number of nitro groups is 1. The predicted molar refractivity (Wildman–Crippen MR) is 368 cm³/mol. The van der Waals surface area contributed by atoms with Gasteiger partial charge in [-0.15, -0.1) is 0 Å². The first kappa shape index (κ1) is 78.1. The average Bonchev–Trinajstić information content (AvgIpc) is 1.22. The van der Waals surface area contributed by atoms with Crippen LogP contribution in [0.1, 0.15) is 132 Å². The Bertz CT molecular complexity index is 4080. The minimum Gasteiger partial charge on any atom is -0.458 e. The quantitative estimate of drug-likeness (QED) is 0.0447. The van der Waals surface area contributed by atoms with Crippen LogP contribution in [0.3, 0.4) is 0 Å². The largest absolute Gasteiger partial charge is 0.458 e. The minimum atomic E-state index is -2.05. The van der Waals surface area contributed by atoms with E-state index in [2.05, 4.69) is 26.6 Å². The van der Waals surface area contributed by atoms with Gasteiger partial charge in [-0.2, -0.15) is 0 Å². The Balaban J connectivity index is 1.28. The molecule has 4 saturated heterocycles. The number of nitrogens with one attached hydrogen (secondary N) is 5. The predicted octanol–water partition coefficient (Wildman–Crippen LogP) is 2.80. The van der Waals surface area contributed by atoms with E-state index in [0.717, 1.165) is 26.8 Å². The van der Waals surface area contributed by atoms with Crippen molar-refractivity contribution in [3.8, 4) is 11.5 Å². The molecule has 2 aromatic carbocycles. The fraction of sp³-hybridized carbons (Fsp3) is 0.557. The number of fused-ring (bicyclic) bond motifs is 4.